The highest BCUT2D eigenvalue weighted by Gasteiger charge is 2.19. The third kappa shape index (κ3) is 9.13. The predicted molar refractivity (Wildman–Crippen MR) is 159 cm³/mol. The van der Waals surface area contributed by atoms with Gasteiger partial charge in [-0.15, -0.1) is 0 Å². The molecule has 1 aliphatic heterocycles. The molecule has 2 aromatic carbocycles. The van der Waals surface area contributed by atoms with Crippen LogP contribution in [0.4, 0.5) is 5.69 Å². The second kappa shape index (κ2) is 17.3. The van der Waals surface area contributed by atoms with E-state index in [1.165, 1.54) is 28.6 Å². The van der Waals surface area contributed by atoms with Crippen LogP contribution >= 0.6 is 11.8 Å². The molecule has 1 amide bonds. The molecule has 1 aliphatic rings. The van der Waals surface area contributed by atoms with Crippen molar-refractivity contribution in [3.05, 3.63) is 87.3 Å². The molecule has 1 heterocycles. The lowest BCUT2D eigenvalue weighted by Gasteiger charge is -2.32. The molecule has 3 rings (SSSR count). The predicted octanol–water partition coefficient (Wildman–Crippen LogP) is 6.03. The number of hydrogen-bond donors (Lipinski definition) is 2. The molecule has 0 saturated carbocycles. The summed E-state index contributed by atoms with van der Waals surface area (Å²) in [6.45, 7) is 14.1. The van der Waals surface area contributed by atoms with E-state index in [0.717, 1.165) is 54.5 Å². The standard InChI is InChI=1S/C26H30N4OS.C2H6.CH5N/c1-5-25(15-20-7-9-22(10-8-20)26(27-4)28-6-2)32-19(3)30-14-13-21-11-12-24(29-18-31)16-23(21)17-30;2*1-2/h5-12,16,18H,3,13-15,17H2,1-2,4H3,(H,29,31);1-2H3;2H2,1H3/b25-5-,27-26?,28-6?;;. The third-order valence-corrected chi connectivity index (χ3v) is 6.56. The zero-order chi connectivity index (χ0) is 26.9. The molecule has 0 unspecified atom stereocenters. The van der Waals surface area contributed by atoms with Gasteiger partial charge in [0.05, 0.1) is 5.03 Å². The molecule has 3 N–H and O–H groups in total. The van der Waals surface area contributed by atoms with E-state index in [9.17, 15) is 4.79 Å². The minimum Gasteiger partial charge on any atom is -0.362 e. The molecule has 36 heavy (non-hydrogen) atoms. The first-order valence-electron chi connectivity index (χ1n) is 12.3. The molecule has 0 saturated heterocycles. The fraction of sp³-hybridized carbons (Fsp3) is 0.345. The molecule has 0 spiro atoms. The van der Waals surface area contributed by atoms with Crippen molar-refractivity contribution >= 4 is 35.9 Å². The highest BCUT2D eigenvalue weighted by molar-refractivity contribution is 8.06. The highest BCUT2D eigenvalue weighted by atomic mass is 32.2. The molecule has 0 fully saturated rings. The van der Waals surface area contributed by atoms with Crippen molar-refractivity contribution in [3.8, 4) is 0 Å². The van der Waals surface area contributed by atoms with Crippen LogP contribution in [0.25, 0.3) is 0 Å². The quantitative estimate of drug-likeness (QED) is 0.259. The molecule has 0 atom stereocenters. The van der Waals surface area contributed by atoms with Crippen LogP contribution < -0.4 is 11.1 Å². The van der Waals surface area contributed by atoms with Crippen LogP contribution in [0.5, 0.6) is 0 Å². The SMILES string of the molecule is C=C(S/C(=C\C)Cc1ccc(C(N=CC)=NC)cc1)N1CCc2ccc(NC=O)cc2C1.CC.CN. The van der Waals surface area contributed by atoms with E-state index >= 15 is 0 Å². The number of nitrogens with one attached hydrogen (secondary N) is 1. The Labute approximate surface area is 221 Å². The highest BCUT2D eigenvalue weighted by Crippen LogP contribution is 2.33. The summed E-state index contributed by atoms with van der Waals surface area (Å²) in [4.78, 5) is 22.9. The summed E-state index contributed by atoms with van der Waals surface area (Å²) in [6, 6.07) is 14.5. The van der Waals surface area contributed by atoms with Gasteiger partial charge in [0.15, 0.2) is 5.84 Å². The maximum absolute atomic E-state index is 10.8. The summed E-state index contributed by atoms with van der Waals surface area (Å²) >= 11 is 1.73. The van der Waals surface area contributed by atoms with Gasteiger partial charge in [-0.05, 0) is 61.0 Å². The number of rotatable bonds is 8. The Kier molecular flexibility index (Phi) is 14.8. The van der Waals surface area contributed by atoms with Crippen molar-refractivity contribution in [1.82, 2.24) is 4.90 Å². The Hall–Kier alpha value is -3.16. The molecular formula is C29H41N5OS. The van der Waals surface area contributed by atoms with Gasteiger partial charge in [0.1, 0.15) is 0 Å². The van der Waals surface area contributed by atoms with E-state index in [4.69, 9.17) is 0 Å². The molecule has 0 aliphatic carbocycles. The first kappa shape index (κ1) is 30.9. The largest absolute Gasteiger partial charge is 0.362 e. The van der Waals surface area contributed by atoms with Crippen molar-refractivity contribution in [2.75, 3.05) is 26.0 Å². The van der Waals surface area contributed by atoms with Gasteiger partial charge in [-0.3, -0.25) is 9.79 Å². The Morgan fingerprint density at radius 2 is 1.83 bits per heavy atom. The van der Waals surface area contributed by atoms with E-state index in [1.807, 2.05) is 26.8 Å². The summed E-state index contributed by atoms with van der Waals surface area (Å²) in [6.07, 6.45) is 6.47. The van der Waals surface area contributed by atoms with Gasteiger partial charge in [0.2, 0.25) is 6.41 Å². The Balaban J connectivity index is 0.00000154. The van der Waals surface area contributed by atoms with Gasteiger partial charge in [-0.1, -0.05) is 68.6 Å². The first-order valence-corrected chi connectivity index (χ1v) is 13.1. The van der Waals surface area contributed by atoms with Crippen LogP contribution in [0.15, 0.2) is 75.0 Å². The van der Waals surface area contributed by atoms with E-state index in [1.54, 1.807) is 25.0 Å². The number of fused-ring (bicyclic) bond motifs is 1. The average molecular weight is 508 g/mol. The summed E-state index contributed by atoms with van der Waals surface area (Å²) in [5.74, 6) is 0.741. The van der Waals surface area contributed by atoms with Crippen molar-refractivity contribution in [2.24, 2.45) is 15.7 Å². The average Bonchev–Trinajstić information content (AvgIpc) is 2.93. The lowest BCUT2D eigenvalue weighted by molar-refractivity contribution is -0.105. The van der Waals surface area contributed by atoms with Gasteiger partial charge in [0, 0.05) is 44.0 Å². The minimum absolute atomic E-state index is 0.717. The van der Waals surface area contributed by atoms with E-state index in [-0.39, 0.29) is 0 Å². The number of hydrogen-bond acceptors (Lipinski definition) is 5. The van der Waals surface area contributed by atoms with E-state index in [2.05, 4.69) is 81.9 Å². The number of thioether (sulfide) groups is 1. The van der Waals surface area contributed by atoms with Crippen LogP contribution in [-0.2, 0) is 24.2 Å². The smallest absolute Gasteiger partial charge is 0.211 e. The van der Waals surface area contributed by atoms with Crippen molar-refractivity contribution in [2.45, 2.75) is 47.1 Å². The summed E-state index contributed by atoms with van der Waals surface area (Å²) in [7, 11) is 3.26. The second-order valence-electron chi connectivity index (χ2n) is 7.48. The molecule has 0 radical (unpaired) electrons. The van der Waals surface area contributed by atoms with Gasteiger partial charge in [-0.25, -0.2) is 4.99 Å². The maximum Gasteiger partial charge on any atom is 0.211 e. The Bertz CT molecular complexity index is 1060. The normalized spacial score (nSPS) is 13.1. The number of nitrogens with two attached hydrogens (primary N) is 1. The van der Waals surface area contributed by atoms with Crippen LogP contribution in [0.1, 0.15) is 49.9 Å². The summed E-state index contributed by atoms with van der Waals surface area (Å²) in [5.41, 5.74) is 10.2. The fourth-order valence-electron chi connectivity index (χ4n) is 3.70. The van der Waals surface area contributed by atoms with Crippen LogP contribution in [0, 0.1) is 0 Å². The van der Waals surface area contributed by atoms with Gasteiger partial charge >= 0.3 is 0 Å². The number of allylic oxidation sites excluding steroid dienone is 2. The van der Waals surface area contributed by atoms with Crippen LogP contribution in [0.3, 0.4) is 0 Å². The van der Waals surface area contributed by atoms with Crippen molar-refractivity contribution < 1.29 is 4.79 Å². The molecule has 7 heteroatoms. The zero-order valence-corrected chi connectivity index (χ0v) is 23.4. The molecule has 6 nitrogen and oxygen atoms in total. The molecular weight excluding hydrogens is 466 g/mol. The number of benzene rings is 2. The number of carbonyl (C=O) groups excluding carboxylic acids is 1. The van der Waals surface area contributed by atoms with Gasteiger partial charge in [-0.2, -0.15) is 0 Å². The first-order chi connectivity index (χ1) is 17.6. The Morgan fingerprint density at radius 1 is 1.14 bits per heavy atom. The number of amidine groups is 1. The van der Waals surface area contributed by atoms with Gasteiger partial charge < -0.3 is 16.0 Å². The van der Waals surface area contributed by atoms with Crippen LogP contribution in [-0.4, -0.2) is 44.0 Å². The minimum atomic E-state index is 0.717. The van der Waals surface area contributed by atoms with Crippen molar-refractivity contribution in [1.29, 1.82) is 0 Å². The van der Waals surface area contributed by atoms with E-state index in [0.29, 0.717) is 0 Å². The Morgan fingerprint density at radius 3 is 2.42 bits per heavy atom. The zero-order valence-electron chi connectivity index (χ0n) is 22.5. The topological polar surface area (TPSA) is 83.1 Å². The van der Waals surface area contributed by atoms with Crippen LogP contribution in [0.2, 0.25) is 0 Å². The fourth-order valence-corrected chi connectivity index (χ4v) is 4.64. The molecule has 0 aromatic heterocycles. The monoisotopic (exact) mass is 507 g/mol. The number of nitrogens with zero attached hydrogens (tertiary/aromatic N) is 3. The molecule has 0 bridgehead atoms. The van der Waals surface area contributed by atoms with E-state index < -0.39 is 0 Å². The second-order valence-corrected chi connectivity index (χ2v) is 8.68. The summed E-state index contributed by atoms with van der Waals surface area (Å²) < 4.78 is 0. The molecule has 194 valence electrons. The number of anilines is 1. The third-order valence-electron chi connectivity index (χ3n) is 5.42. The lowest BCUT2D eigenvalue weighted by Crippen LogP contribution is -2.28. The number of amides is 1. The number of aliphatic imine (C=N–C) groups is 2. The summed E-state index contributed by atoms with van der Waals surface area (Å²) in [5, 5.41) is 3.79. The van der Waals surface area contributed by atoms with Gasteiger partial charge in [0.25, 0.3) is 0 Å². The number of carbonyl (C=O) groups is 1. The maximum atomic E-state index is 10.8. The molecule has 2 aromatic rings. The van der Waals surface area contributed by atoms with Crippen molar-refractivity contribution in [3.63, 3.8) is 0 Å². The lowest BCUT2D eigenvalue weighted by atomic mass is 9.99.